The summed E-state index contributed by atoms with van der Waals surface area (Å²) in [5.41, 5.74) is 3.09. The smallest absolute Gasteiger partial charge is 0.336 e. The highest BCUT2D eigenvalue weighted by molar-refractivity contribution is 7.90. The molecule has 0 amide bonds. The summed E-state index contributed by atoms with van der Waals surface area (Å²) in [5.74, 6) is 1.07. The summed E-state index contributed by atoms with van der Waals surface area (Å²) in [6.45, 7) is 5.41. The van der Waals surface area contributed by atoms with Crippen LogP contribution in [0.5, 0.6) is 5.75 Å². The lowest BCUT2D eigenvalue weighted by Gasteiger charge is -2.33. The number of aryl methyl sites for hydroxylation is 1. The monoisotopic (exact) mass is 568 g/mol. The van der Waals surface area contributed by atoms with E-state index in [1.165, 1.54) is 6.26 Å². The van der Waals surface area contributed by atoms with E-state index in [1.807, 2.05) is 18.7 Å². The van der Waals surface area contributed by atoms with Crippen LogP contribution in [0.3, 0.4) is 0 Å². The molecule has 0 radical (unpaired) electrons. The van der Waals surface area contributed by atoms with Gasteiger partial charge in [0.05, 0.1) is 43.1 Å². The van der Waals surface area contributed by atoms with Crippen LogP contribution in [0.4, 0.5) is 5.69 Å². The summed E-state index contributed by atoms with van der Waals surface area (Å²) in [6.07, 6.45) is 6.57. The molecule has 1 aromatic heterocycles. The molecule has 1 N–H and O–H groups in total. The summed E-state index contributed by atoms with van der Waals surface area (Å²) in [4.78, 5) is 2.08. The number of piperidine rings is 1. The third-order valence-electron chi connectivity index (χ3n) is 6.91. The van der Waals surface area contributed by atoms with Crippen molar-refractivity contribution < 1.29 is 30.9 Å². The first-order chi connectivity index (χ1) is 18.0. The molecule has 0 bridgehead atoms. The van der Waals surface area contributed by atoms with E-state index in [0.717, 1.165) is 34.1 Å². The second kappa shape index (κ2) is 11.2. The van der Waals surface area contributed by atoms with Crippen molar-refractivity contribution in [2.75, 3.05) is 31.4 Å². The molecule has 0 saturated carbocycles. The number of methoxy groups -OCH3 is 1. The average Bonchev–Trinajstić information content (AvgIpc) is 3.23. The zero-order valence-corrected chi connectivity index (χ0v) is 23.9. The van der Waals surface area contributed by atoms with E-state index in [-0.39, 0.29) is 18.0 Å². The van der Waals surface area contributed by atoms with E-state index in [2.05, 4.69) is 0 Å². The van der Waals surface area contributed by atoms with E-state index in [9.17, 15) is 21.4 Å². The highest BCUT2D eigenvalue weighted by atomic mass is 32.2. The van der Waals surface area contributed by atoms with Gasteiger partial charge in [-0.15, -0.1) is 0 Å². The highest BCUT2D eigenvalue weighted by Gasteiger charge is 2.34. The van der Waals surface area contributed by atoms with Gasteiger partial charge in [-0.3, -0.25) is 9.23 Å². The fraction of sp³-hybridized carbons (Fsp3) is 0.560. The van der Waals surface area contributed by atoms with Crippen LogP contribution in [-0.4, -0.2) is 68.0 Å². The van der Waals surface area contributed by atoms with Crippen molar-refractivity contribution in [3.8, 4) is 5.75 Å². The normalized spacial score (nSPS) is 18.7. The lowest BCUT2D eigenvalue weighted by atomic mass is 10.0. The van der Waals surface area contributed by atoms with Gasteiger partial charge in [0.2, 0.25) is 0 Å². The Hall–Kier alpha value is -2.61. The molecule has 11 nitrogen and oxygen atoms in total. The number of hydrogen-bond donors (Lipinski definition) is 1. The predicted molar refractivity (Wildman–Crippen MR) is 144 cm³/mol. The van der Waals surface area contributed by atoms with Crippen molar-refractivity contribution in [2.24, 2.45) is 0 Å². The molecule has 4 rings (SSSR count). The second-order valence-corrected chi connectivity index (χ2v) is 13.0. The van der Waals surface area contributed by atoms with Gasteiger partial charge in [0, 0.05) is 30.6 Å². The number of fused-ring (bicyclic) bond motifs is 1. The molecule has 1 saturated heterocycles. The van der Waals surface area contributed by atoms with Crippen LogP contribution in [0.25, 0.3) is 5.76 Å². The second-order valence-electron chi connectivity index (χ2n) is 9.62. The SMILES string of the molecule is CCCOc1ccc(S(C)(=O)=O)cc1N1C=C(OC)c2c(c(CC)nn2C[C@@H]2CCCCN2S(=O)(=O)O)C1. The van der Waals surface area contributed by atoms with E-state index in [4.69, 9.17) is 14.6 Å². The Morgan fingerprint density at radius 2 is 1.92 bits per heavy atom. The van der Waals surface area contributed by atoms with Crippen LogP contribution >= 0.6 is 0 Å². The van der Waals surface area contributed by atoms with Gasteiger partial charge in [0.25, 0.3) is 0 Å². The fourth-order valence-corrected chi connectivity index (χ4v) is 6.63. The standard InChI is InChI=1S/C25H36N4O7S2/c1-5-13-36-23-11-10-19(37(4,30)31)14-22(23)27-16-20-21(6-2)26-28(25(20)24(17-27)35-3)15-18-9-7-8-12-29(18)38(32,33)34/h10-11,14,17-18H,5-9,12-13,15-16H2,1-4H3,(H,32,33,34)/t18-/m0/s1. The Kier molecular flexibility index (Phi) is 8.40. The van der Waals surface area contributed by atoms with Gasteiger partial charge in [-0.05, 0) is 43.9 Å². The number of nitrogens with zero attached hydrogens (tertiary/aromatic N) is 4. The molecule has 3 heterocycles. The third-order valence-corrected chi connectivity index (χ3v) is 9.09. The minimum atomic E-state index is -4.33. The topological polar surface area (TPSA) is 131 Å². The Bertz CT molecular complexity index is 1420. The number of sulfone groups is 1. The Morgan fingerprint density at radius 1 is 1.16 bits per heavy atom. The molecule has 210 valence electrons. The summed E-state index contributed by atoms with van der Waals surface area (Å²) < 4.78 is 73.1. The highest BCUT2D eigenvalue weighted by Crippen LogP contribution is 2.38. The van der Waals surface area contributed by atoms with Gasteiger partial charge < -0.3 is 14.4 Å². The Labute approximate surface area is 224 Å². The van der Waals surface area contributed by atoms with Gasteiger partial charge in [-0.1, -0.05) is 20.3 Å². The molecule has 2 aromatic rings. The van der Waals surface area contributed by atoms with Crippen LogP contribution in [-0.2, 0) is 44.4 Å². The van der Waals surface area contributed by atoms with Crippen molar-refractivity contribution in [2.45, 2.75) is 70.0 Å². The first-order valence-corrected chi connectivity index (χ1v) is 16.1. The minimum Gasteiger partial charge on any atom is -0.493 e. The van der Waals surface area contributed by atoms with Crippen LogP contribution in [0, 0.1) is 0 Å². The maximum Gasteiger partial charge on any atom is 0.336 e. The number of rotatable bonds is 10. The van der Waals surface area contributed by atoms with Crippen LogP contribution in [0.15, 0.2) is 29.3 Å². The van der Waals surface area contributed by atoms with Gasteiger partial charge in [-0.25, -0.2) is 8.42 Å². The van der Waals surface area contributed by atoms with Gasteiger partial charge >= 0.3 is 10.3 Å². The average molecular weight is 569 g/mol. The number of aromatic nitrogens is 2. The van der Waals surface area contributed by atoms with Crippen molar-refractivity contribution in [3.05, 3.63) is 41.4 Å². The molecule has 1 aromatic carbocycles. The molecular weight excluding hydrogens is 532 g/mol. The molecule has 13 heteroatoms. The molecule has 0 unspecified atom stereocenters. The maximum atomic E-state index is 12.3. The maximum absolute atomic E-state index is 12.3. The van der Waals surface area contributed by atoms with Gasteiger partial charge in [-0.2, -0.15) is 17.8 Å². The number of benzene rings is 1. The molecule has 1 fully saturated rings. The van der Waals surface area contributed by atoms with Crippen LogP contribution in [0.2, 0.25) is 0 Å². The molecule has 0 spiro atoms. The molecule has 2 aliphatic rings. The van der Waals surface area contributed by atoms with Crippen LogP contribution < -0.4 is 9.64 Å². The Morgan fingerprint density at radius 3 is 2.55 bits per heavy atom. The molecule has 1 atom stereocenters. The quantitative estimate of drug-likeness (QED) is 0.429. The minimum absolute atomic E-state index is 0.184. The van der Waals surface area contributed by atoms with Crippen molar-refractivity contribution in [1.29, 1.82) is 0 Å². The Balaban J connectivity index is 1.77. The third kappa shape index (κ3) is 5.85. The van der Waals surface area contributed by atoms with Gasteiger partial charge in [0.1, 0.15) is 11.4 Å². The zero-order valence-electron chi connectivity index (χ0n) is 22.3. The van der Waals surface area contributed by atoms with E-state index in [1.54, 1.807) is 36.2 Å². The van der Waals surface area contributed by atoms with Crippen LogP contribution in [0.1, 0.15) is 56.5 Å². The van der Waals surface area contributed by atoms with E-state index < -0.39 is 26.2 Å². The lowest BCUT2D eigenvalue weighted by molar-refractivity contribution is 0.205. The summed E-state index contributed by atoms with van der Waals surface area (Å²) in [5, 5.41) is 4.81. The predicted octanol–water partition coefficient (Wildman–Crippen LogP) is 3.26. The number of hydrogen-bond acceptors (Lipinski definition) is 8. The molecular formula is C25H36N4O7S2. The first kappa shape index (κ1) is 28.4. The number of ether oxygens (including phenoxy) is 2. The summed E-state index contributed by atoms with van der Waals surface area (Å²) >= 11 is 0. The number of anilines is 1. The van der Waals surface area contributed by atoms with E-state index in [0.29, 0.717) is 49.6 Å². The fourth-order valence-electron chi connectivity index (χ4n) is 5.08. The molecule has 2 aliphatic heterocycles. The lowest BCUT2D eigenvalue weighted by Crippen LogP contribution is -2.45. The largest absolute Gasteiger partial charge is 0.493 e. The van der Waals surface area contributed by atoms with Crippen molar-refractivity contribution in [3.63, 3.8) is 0 Å². The molecule has 38 heavy (non-hydrogen) atoms. The first-order valence-electron chi connectivity index (χ1n) is 12.8. The van der Waals surface area contributed by atoms with E-state index >= 15 is 0 Å². The molecule has 0 aliphatic carbocycles. The summed E-state index contributed by atoms with van der Waals surface area (Å²) in [6, 6.07) is 4.40. The zero-order chi connectivity index (χ0) is 27.7. The van der Waals surface area contributed by atoms with Gasteiger partial charge in [0.15, 0.2) is 15.6 Å². The summed E-state index contributed by atoms with van der Waals surface area (Å²) in [7, 11) is -6.23. The van der Waals surface area contributed by atoms with Crippen molar-refractivity contribution >= 4 is 31.6 Å². The van der Waals surface area contributed by atoms with Crippen molar-refractivity contribution in [1.82, 2.24) is 14.1 Å².